The maximum absolute atomic E-state index is 5.68. The quantitative estimate of drug-likeness (QED) is 0.661. The lowest BCUT2D eigenvalue weighted by Gasteiger charge is -2.21. The molecule has 1 atom stereocenters. The molecular formula is C13H15N3O2S. The standard InChI is InChI=1S/C13H15N3O2S/c1-8-15-7-12(19-8)13(16-14)9-2-3-10-11(6-9)18-5-4-17-10/h2-3,6-7,13,16H,4-5,14H2,1H3. The summed E-state index contributed by atoms with van der Waals surface area (Å²) in [5.74, 6) is 7.23. The van der Waals surface area contributed by atoms with E-state index in [4.69, 9.17) is 15.3 Å². The number of hydrogen-bond donors (Lipinski definition) is 2. The van der Waals surface area contributed by atoms with Crippen LogP contribution in [0.25, 0.3) is 0 Å². The first-order valence-electron chi connectivity index (χ1n) is 6.06. The molecule has 5 nitrogen and oxygen atoms in total. The van der Waals surface area contributed by atoms with E-state index in [1.807, 2.05) is 31.3 Å². The summed E-state index contributed by atoms with van der Waals surface area (Å²) in [6, 6.07) is 5.80. The van der Waals surface area contributed by atoms with Gasteiger partial charge in [0.05, 0.1) is 11.0 Å². The van der Waals surface area contributed by atoms with Gasteiger partial charge in [-0.3, -0.25) is 5.84 Å². The van der Waals surface area contributed by atoms with Crippen molar-refractivity contribution in [2.45, 2.75) is 13.0 Å². The minimum absolute atomic E-state index is 0.0815. The van der Waals surface area contributed by atoms with Gasteiger partial charge < -0.3 is 9.47 Å². The lowest BCUT2D eigenvalue weighted by atomic mass is 10.1. The van der Waals surface area contributed by atoms with E-state index >= 15 is 0 Å². The highest BCUT2D eigenvalue weighted by Crippen LogP contribution is 2.35. The molecule has 1 aromatic heterocycles. The summed E-state index contributed by atoms with van der Waals surface area (Å²) in [4.78, 5) is 5.35. The normalized spacial score (nSPS) is 15.3. The monoisotopic (exact) mass is 277 g/mol. The van der Waals surface area contributed by atoms with Gasteiger partial charge in [-0.25, -0.2) is 10.4 Å². The van der Waals surface area contributed by atoms with Gasteiger partial charge in [0.25, 0.3) is 0 Å². The van der Waals surface area contributed by atoms with Crippen molar-refractivity contribution in [2.24, 2.45) is 5.84 Å². The Morgan fingerprint density at radius 1 is 1.32 bits per heavy atom. The van der Waals surface area contributed by atoms with Crippen LogP contribution >= 0.6 is 11.3 Å². The average Bonchev–Trinajstić information content (AvgIpc) is 2.86. The molecule has 0 spiro atoms. The van der Waals surface area contributed by atoms with Crippen molar-refractivity contribution >= 4 is 11.3 Å². The van der Waals surface area contributed by atoms with Gasteiger partial charge in [0, 0.05) is 11.1 Å². The number of nitrogens with zero attached hydrogens (tertiary/aromatic N) is 1. The fourth-order valence-electron chi connectivity index (χ4n) is 2.09. The molecule has 0 fully saturated rings. The van der Waals surface area contributed by atoms with Gasteiger partial charge in [-0.2, -0.15) is 0 Å². The number of thiazole rings is 1. The first kappa shape index (κ1) is 12.4. The maximum Gasteiger partial charge on any atom is 0.161 e. The summed E-state index contributed by atoms with van der Waals surface area (Å²) in [7, 11) is 0. The first-order valence-corrected chi connectivity index (χ1v) is 6.87. The number of aryl methyl sites for hydroxylation is 1. The van der Waals surface area contributed by atoms with Crippen molar-refractivity contribution in [2.75, 3.05) is 13.2 Å². The third kappa shape index (κ3) is 2.42. The Hall–Kier alpha value is -1.63. The second-order valence-corrected chi connectivity index (χ2v) is 5.55. The Kier molecular flexibility index (Phi) is 3.37. The fraction of sp³-hybridized carbons (Fsp3) is 0.308. The van der Waals surface area contributed by atoms with Crippen LogP contribution in [0.2, 0.25) is 0 Å². The van der Waals surface area contributed by atoms with Crippen LogP contribution in [0, 0.1) is 6.92 Å². The molecule has 19 heavy (non-hydrogen) atoms. The van der Waals surface area contributed by atoms with Crippen LogP contribution < -0.4 is 20.7 Å². The van der Waals surface area contributed by atoms with Gasteiger partial charge in [0.15, 0.2) is 11.5 Å². The van der Waals surface area contributed by atoms with Crippen LogP contribution in [0.3, 0.4) is 0 Å². The molecule has 0 aliphatic carbocycles. The molecule has 6 heteroatoms. The Labute approximate surface area is 115 Å². The van der Waals surface area contributed by atoms with Crippen molar-refractivity contribution in [3.63, 3.8) is 0 Å². The summed E-state index contributed by atoms with van der Waals surface area (Å²) in [6.45, 7) is 3.15. The average molecular weight is 277 g/mol. The minimum Gasteiger partial charge on any atom is -0.486 e. The number of aromatic nitrogens is 1. The first-order chi connectivity index (χ1) is 9.28. The zero-order valence-corrected chi connectivity index (χ0v) is 11.4. The highest BCUT2D eigenvalue weighted by molar-refractivity contribution is 7.11. The van der Waals surface area contributed by atoms with Crippen molar-refractivity contribution in [3.05, 3.63) is 39.8 Å². The molecule has 3 N–H and O–H groups in total. The number of benzene rings is 1. The molecule has 1 aliphatic rings. The van der Waals surface area contributed by atoms with E-state index in [9.17, 15) is 0 Å². The van der Waals surface area contributed by atoms with E-state index in [2.05, 4.69) is 10.4 Å². The molecule has 0 radical (unpaired) electrons. The summed E-state index contributed by atoms with van der Waals surface area (Å²) < 4.78 is 11.1. The molecular weight excluding hydrogens is 262 g/mol. The van der Waals surface area contributed by atoms with E-state index in [0.29, 0.717) is 13.2 Å². The highest BCUT2D eigenvalue weighted by Gasteiger charge is 2.19. The van der Waals surface area contributed by atoms with Gasteiger partial charge in [0.2, 0.25) is 0 Å². The summed E-state index contributed by atoms with van der Waals surface area (Å²) in [6.07, 6.45) is 1.85. The Bertz CT molecular complexity index is 585. The van der Waals surface area contributed by atoms with Gasteiger partial charge in [0.1, 0.15) is 13.2 Å². The Morgan fingerprint density at radius 2 is 2.11 bits per heavy atom. The lowest BCUT2D eigenvalue weighted by Crippen LogP contribution is -2.28. The SMILES string of the molecule is Cc1ncc(C(NN)c2ccc3c(c2)OCCO3)s1. The van der Waals surface area contributed by atoms with Crippen LogP contribution in [0.5, 0.6) is 11.5 Å². The van der Waals surface area contributed by atoms with E-state index in [1.54, 1.807) is 11.3 Å². The zero-order chi connectivity index (χ0) is 13.2. The van der Waals surface area contributed by atoms with Gasteiger partial charge in [-0.1, -0.05) is 6.07 Å². The predicted molar refractivity (Wildman–Crippen MR) is 73.4 cm³/mol. The van der Waals surface area contributed by atoms with E-state index in [0.717, 1.165) is 26.9 Å². The lowest BCUT2D eigenvalue weighted by molar-refractivity contribution is 0.171. The van der Waals surface area contributed by atoms with Crippen LogP contribution in [-0.2, 0) is 0 Å². The third-order valence-corrected chi connectivity index (χ3v) is 3.97. The molecule has 0 saturated heterocycles. The molecule has 0 bridgehead atoms. The molecule has 1 unspecified atom stereocenters. The second-order valence-electron chi connectivity index (χ2n) is 4.28. The van der Waals surface area contributed by atoms with Crippen molar-refractivity contribution in [1.29, 1.82) is 0 Å². The van der Waals surface area contributed by atoms with Gasteiger partial charge in [-0.05, 0) is 24.6 Å². The fourth-order valence-corrected chi connectivity index (χ4v) is 2.97. The Morgan fingerprint density at radius 3 is 2.79 bits per heavy atom. The smallest absolute Gasteiger partial charge is 0.161 e. The van der Waals surface area contributed by atoms with Crippen LogP contribution in [0.15, 0.2) is 24.4 Å². The number of nitrogens with one attached hydrogen (secondary N) is 1. The zero-order valence-electron chi connectivity index (χ0n) is 10.6. The van der Waals surface area contributed by atoms with Crippen LogP contribution in [0.1, 0.15) is 21.5 Å². The van der Waals surface area contributed by atoms with Crippen molar-refractivity contribution in [1.82, 2.24) is 10.4 Å². The molecule has 2 heterocycles. The highest BCUT2D eigenvalue weighted by atomic mass is 32.1. The number of hydrogen-bond acceptors (Lipinski definition) is 6. The molecule has 1 aliphatic heterocycles. The third-order valence-electron chi connectivity index (χ3n) is 2.99. The molecule has 100 valence electrons. The number of ether oxygens (including phenoxy) is 2. The summed E-state index contributed by atoms with van der Waals surface area (Å²) >= 11 is 1.63. The Balaban J connectivity index is 1.95. The van der Waals surface area contributed by atoms with Gasteiger partial charge >= 0.3 is 0 Å². The molecule has 1 aromatic carbocycles. The molecule has 3 rings (SSSR count). The maximum atomic E-state index is 5.68. The number of hydrazine groups is 1. The minimum atomic E-state index is -0.0815. The second kappa shape index (κ2) is 5.16. The van der Waals surface area contributed by atoms with Crippen LogP contribution in [0.4, 0.5) is 0 Å². The largest absolute Gasteiger partial charge is 0.486 e. The summed E-state index contributed by atoms with van der Waals surface area (Å²) in [5.41, 5.74) is 3.87. The van der Waals surface area contributed by atoms with Crippen molar-refractivity contribution in [3.8, 4) is 11.5 Å². The molecule has 2 aromatic rings. The predicted octanol–water partition coefficient (Wildman–Crippen LogP) is 1.78. The number of fused-ring (bicyclic) bond motifs is 1. The number of rotatable bonds is 3. The molecule has 0 saturated carbocycles. The van der Waals surface area contributed by atoms with Gasteiger partial charge in [-0.15, -0.1) is 11.3 Å². The van der Waals surface area contributed by atoms with Crippen LogP contribution in [-0.4, -0.2) is 18.2 Å². The summed E-state index contributed by atoms with van der Waals surface area (Å²) in [5, 5.41) is 1.02. The van der Waals surface area contributed by atoms with E-state index in [-0.39, 0.29) is 6.04 Å². The molecule has 0 amide bonds. The van der Waals surface area contributed by atoms with E-state index in [1.165, 1.54) is 0 Å². The topological polar surface area (TPSA) is 69.4 Å². The van der Waals surface area contributed by atoms with Crippen molar-refractivity contribution < 1.29 is 9.47 Å². The van der Waals surface area contributed by atoms with E-state index < -0.39 is 0 Å². The number of nitrogens with two attached hydrogens (primary N) is 1.